The Labute approximate surface area is 164 Å². The lowest BCUT2D eigenvalue weighted by Crippen LogP contribution is -2.48. The molecule has 0 saturated carbocycles. The number of benzene rings is 2. The van der Waals surface area contributed by atoms with Gasteiger partial charge >= 0.3 is 6.18 Å². The second kappa shape index (κ2) is 9.22. The van der Waals surface area contributed by atoms with E-state index in [-0.39, 0.29) is 30.5 Å². The highest BCUT2D eigenvalue weighted by Crippen LogP contribution is 2.38. The Kier molecular flexibility index (Phi) is 7.22. The Morgan fingerprint density at radius 3 is 2.57 bits per heavy atom. The number of carbonyl (C=O) groups is 1. The van der Waals surface area contributed by atoms with Crippen LogP contribution in [0.15, 0.2) is 42.5 Å². The SMILES string of the molecule is Cl.O=C(Nc1ccc(Oc2ccccc2C(F)(F)F)c(F)c1)C1COCCN1. The first-order chi connectivity index (χ1) is 12.8. The number of carbonyl (C=O) groups excluding carboxylic acids is 1. The van der Waals surface area contributed by atoms with Crippen LogP contribution < -0.4 is 15.4 Å². The number of anilines is 1. The molecule has 1 atom stereocenters. The fourth-order valence-corrected chi connectivity index (χ4v) is 2.53. The predicted octanol–water partition coefficient (Wildman–Crippen LogP) is 3.99. The van der Waals surface area contributed by atoms with Gasteiger partial charge in [0, 0.05) is 18.3 Å². The summed E-state index contributed by atoms with van der Waals surface area (Å²) in [4.78, 5) is 12.1. The summed E-state index contributed by atoms with van der Waals surface area (Å²) >= 11 is 0. The lowest BCUT2D eigenvalue weighted by atomic mass is 10.2. The maximum atomic E-state index is 14.3. The summed E-state index contributed by atoms with van der Waals surface area (Å²) in [7, 11) is 0. The summed E-state index contributed by atoms with van der Waals surface area (Å²) in [5.74, 6) is -2.20. The highest BCUT2D eigenvalue weighted by molar-refractivity contribution is 5.95. The number of morpholine rings is 1. The van der Waals surface area contributed by atoms with E-state index < -0.39 is 35.3 Å². The number of hydrogen-bond acceptors (Lipinski definition) is 4. The second-order valence-electron chi connectivity index (χ2n) is 5.81. The van der Waals surface area contributed by atoms with Gasteiger partial charge in [-0.1, -0.05) is 12.1 Å². The average molecular weight is 421 g/mol. The summed E-state index contributed by atoms with van der Waals surface area (Å²) in [5, 5.41) is 5.48. The van der Waals surface area contributed by atoms with E-state index in [0.29, 0.717) is 13.2 Å². The first kappa shape index (κ1) is 21.9. The molecule has 3 rings (SSSR count). The molecule has 1 saturated heterocycles. The van der Waals surface area contributed by atoms with Crippen molar-refractivity contribution in [2.45, 2.75) is 12.2 Å². The Hall–Kier alpha value is -2.36. The van der Waals surface area contributed by atoms with Crippen molar-refractivity contribution < 1.29 is 31.8 Å². The molecule has 0 bridgehead atoms. The van der Waals surface area contributed by atoms with Crippen LogP contribution in [-0.4, -0.2) is 31.7 Å². The highest BCUT2D eigenvalue weighted by atomic mass is 35.5. The number of para-hydroxylation sites is 1. The van der Waals surface area contributed by atoms with E-state index in [9.17, 15) is 22.4 Å². The lowest BCUT2D eigenvalue weighted by Gasteiger charge is -2.23. The molecule has 2 aromatic rings. The predicted molar refractivity (Wildman–Crippen MR) is 96.4 cm³/mol. The molecule has 0 spiro atoms. The monoisotopic (exact) mass is 420 g/mol. The second-order valence-corrected chi connectivity index (χ2v) is 5.81. The van der Waals surface area contributed by atoms with Gasteiger partial charge in [0.25, 0.3) is 0 Å². The van der Waals surface area contributed by atoms with Crippen molar-refractivity contribution in [1.29, 1.82) is 0 Å². The van der Waals surface area contributed by atoms with Gasteiger partial charge in [-0.05, 0) is 24.3 Å². The van der Waals surface area contributed by atoms with Crippen LogP contribution in [0.3, 0.4) is 0 Å². The number of amides is 1. The van der Waals surface area contributed by atoms with Gasteiger partial charge in [0.15, 0.2) is 11.6 Å². The zero-order chi connectivity index (χ0) is 19.4. The van der Waals surface area contributed by atoms with Crippen molar-refractivity contribution in [1.82, 2.24) is 5.32 Å². The van der Waals surface area contributed by atoms with Gasteiger partial charge in [0.05, 0.1) is 18.8 Å². The molecule has 5 nitrogen and oxygen atoms in total. The van der Waals surface area contributed by atoms with Gasteiger partial charge in [-0.3, -0.25) is 4.79 Å². The van der Waals surface area contributed by atoms with Crippen LogP contribution in [0.5, 0.6) is 11.5 Å². The van der Waals surface area contributed by atoms with Gasteiger partial charge in [-0.2, -0.15) is 13.2 Å². The zero-order valence-corrected chi connectivity index (χ0v) is 15.2. The normalized spacial score (nSPS) is 16.8. The summed E-state index contributed by atoms with van der Waals surface area (Å²) in [6.07, 6.45) is -4.63. The average Bonchev–Trinajstić information content (AvgIpc) is 2.64. The zero-order valence-electron chi connectivity index (χ0n) is 14.4. The maximum Gasteiger partial charge on any atom is 0.419 e. The number of ether oxygens (including phenoxy) is 2. The maximum absolute atomic E-state index is 14.3. The standard InChI is InChI=1S/C18H16F4N2O3.ClH/c19-13-9-11(24-17(25)14-10-26-8-7-23-14)5-6-16(13)27-15-4-2-1-3-12(15)18(20,21)22;/h1-6,9,14,23H,7-8,10H2,(H,24,25);1H. The van der Waals surface area contributed by atoms with Crippen LogP contribution >= 0.6 is 12.4 Å². The van der Waals surface area contributed by atoms with Crippen LogP contribution in [0.25, 0.3) is 0 Å². The van der Waals surface area contributed by atoms with E-state index in [1.807, 2.05) is 0 Å². The fraction of sp³-hybridized carbons (Fsp3) is 0.278. The van der Waals surface area contributed by atoms with Gasteiger partial charge in [0.2, 0.25) is 5.91 Å². The topological polar surface area (TPSA) is 59.6 Å². The molecule has 1 amide bonds. The molecule has 152 valence electrons. The van der Waals surface area contributed by atoms with E-state index in [1.54, 1.807) is 0 Å². The van der Waals surface area contributed by atoms with Crippen molar-refractivity contribution >= 4 is 24.0 Å². The Bertz CT molecular complexity index is 827. The minimum absolute atomic E-state index is 0. The van der Waals surface area contributed by atoms with E-state index >= 15 is 0 Å². The number of rotatable bonds is 4. The smallest absolute Gasteiger partial charge is 0.419 e. The quantitative estimate of drug-likeness (QED) is 0.734. The minimum atomic E-state index is -4.63. The Morgan fingerprint density at radius 1 is 1.18 bits per heavy atom. The van der Waals surface area contributed by atoms with Crippen molar-refractivity contribution in [3.63, 3.8) is 0 Å². The van der Waals surface area contributed by atoms with E-state index in [4.69, 9.17) is 9.47 Å². The van der Waals surface area contributed by atoms with E-state index in [1.165, 1.54) is 18.2 Å². The minimum Gasteiger partial charge on any atom is -0.454 e. The van der Waals surface area contributed by atoms with Crippen LogP contribution in [0.4, 0.5) is 23.2 Å². The van der Waals surface area contributed by atoms with E-state index in [2.05, 4.69) is 10.6 Å². The third-order valence-electron chi connectivity index (χ3n) is 3.85. The molecule has 1 aliphatic heterocycles. The molecule has 1 unspecified atom stereocenters. The highest BCUT2D eigenvalue weighted by Gasteiger charge is 2.34. The summed E-state index contributed by atoms with van der Waals surface area (Å²) in [5.41, 5.74) is -0.855. The molecule has 0 aliphatic carbocycles. The summed E-state index contributed by atoms with van der Waals surface area (Å²) < 4.78 is 63.5. The van der Waals surface area contributed by atoms with E-state index in [0.717, 1.165) is 24.3 Å². The largest absolute Gasteiger partial charge is 0.454 e. The van der Waals surface area contributed by atoms with Gasteiger partial charge in [-0.15, -0.1) is 12.4 Å². The Balaban J connectivity index is 0.00000280. The first-order valence-corrected chi connectivity index (χ1v) is 8.10. The molecule has 10 heteroatoms. The first-order valence-electron chi connectivity index (χ1n) is 8.10. The van der Waals surface area contributed by atoms with Crippen molar-refractivity contribution in [2.24, 2.45) is 0 Å². The molecule has 0 radical (unpaired) electrons. The van der Waals surface area contributed by atoms with Crippen molar-refractivity contribution in [3.05, 3.63) is 53.8 Å². The van der Waals surface area contributed by atoms with Crippen LogP contribution in [-0.2, 0) is 15.7 Å². The third-order valence-corrected chi connectivity index (χ3v) is 3.85. The summed E-state index contributed by atoms with van der Waals surface area (Å²) in [6, 6.07) is 7.45. The molecule has 1 aliphatic rings. The molecule has 2 N–H and O–H groups in total. The van der Waals surface area contributed by atoms with Gasteiger partial charge < -0.3 is 20.1 Å². The molecule has 1 fully saturated rings. The van der Waals surface area contributed by atoms with Crippen LogP contribution in [0, 0.1) is 5.82 Å². The van der Waals surface area contributed by atoms with Crippen molar-refractivity contribution in [3.8, 4) is 11.5 Å². The number of hydrogen-bond donors (Lipinski definition) is 2. The third kappa shape index (κ3) is 5.34. The summed E-state index contributed by atoms with van der Waals surface area (Å²) in [6.45, 7) is 1.23. The lowest BCUT2D eigenvalue weighted by molar-refractivity contribution is -0.138. The van der Waals surface area contributed by atoms with Crippen LogP contribution in [0.1, 0.15) is 5.56 Å². The molecule has 0 aromatic heterocycles. The fourth-order valence-electron chi connectivity index (χ4n) is 2.53. The van der Waals surface area contributed by atoms with Crippen molar-refractivity contribution in [2.75, 3.05) is 25.1 Å². The Morgan fingerprint density at radius 2 is 1.93 bits per heavy atom. The van der Waals surface area contributed by atoms with Gasteiger partial charge in [0.1, 0.15) is 11.8 Å². The molecule has 28 heavy (non-hydrogen) atoms. The number of nitrogens with one attached hydrogen (secondary N) is 2. The van der Waals surface area contributed by atoms with Crippen LogP contribution in [0.2, 0.25) is 0 Å². The molecular formula is C18H17ClF4N2O3. The molecular weight excluding hydrogens is 404 g/mol. The number of alkyl halides is 3. The molecule has 2 aromatic carbocycles. The van der Waals surface area contributed by atoms with Gasteiger partial charge in [-0.25, -0.2) is 4.39 Å². The number of halogens is 5. The molecule has 1 heterocycles.